The summed E-state index contributed by atoms with van der Waals surface area (Å²) in [6.07, 6.45) is 9.36. The van der Waals surface area contributed by atoms with Gasteiger partial charge in [-0.25, -0.2) is 9.67 Å². The van der Waals surface area contributed by atoms with Crippen molar-refractivity contribution in [3.63, 3.8) is 0 Å². The number of nitrogens with zero attached hydrogens (tertiary/aromatic N) is 4. The van der Waals surface area contributed by atoms with Crippen LogP contribution in [0.4, 0.5) is 11.6 Å². The van der Waals surface area contributed by atoms with Gasteiger partial charge in [0.2, 0.25) is 0 Å². The Morgan fingerprint density at radius 1 is 1.22 bits per heavy atom. The quantitative estimate of drug-likeness (QED) is 0.942. The maximum Gasteiger partial charge on any atom is 0.258 e. The Balaban J connectivity index is 1.71. The number of anilines is 2. The van der Waals surface area contributed by atoms with Gasteiger partial charge >= 0.3 is 0 Å². The number of hydrogen-bond donors (Lipinski definition) is 1. The molecule has 1 N–H and O–H groups in total. The van der Waals surface area contributed by atoms with Gasteiger partial charge in [0.05, 0.1) is 17.8 Å². The molecule has 2 aromatic heterocycles. The van der Waals surface area contributed by atoms with Crippen LogP contribution in [0.25, 0.3) is 0 Å². The Bertz CT molecular complexity index is 656. The van der Waals surface area contributed by atoms with E-state index in [1.54, 1.807) is 18.5 Å². The molecule has 0 aliphatic heterocycles. The second kappa shape index (κ2) is 6.81. The molecular weight excluding hydrogens is 290 g/mol. The van der Waals surface area contributed by atoms with E-state index in [9.17, 15) is 4.79 Å². The molecule has 0 aromatic carbocycles. The van der Waals surface area contributed by atoms with E-state index in [0.29, 0.717) is 11.6 Å². The van der Waals surface area contributed by atoms with Crippen molar-refractivity contribution in [2.45, 2.75) is 38.1 Å². The first-order valence-corrected chi connectivity index (χ1v) is 8.13. The Morgan fingerprint density at radius 2 is 2.00 bits per heavy atom. The van der Waals surface area contributed by atoms with Crippen molar-refractivity contribution in [3.05, 3.63) is 36.2 Å². The van der Waals surface area contributed by atoms with E-state index in [1.165, 1.54) is 19.3 Å². The van der Waals surface area contributed by atoms with E-state index in [0.717, 1.165) is 24.5 Å². The summed E-state index contributed by atoms with van der Waals surface area (Å²) in [4.78, 5) is 18.6. The smallest absolute Gasteiger partial charge is 0.258 e. The second-order valence-corrected chi connectivity index (χ2v) is 6.21. The molecule has 1 saturated carbocycles. The number of hydrogen-bond acceptors (Lipinski definition) is 4. The van der Waals surface area contributed by atoms with Crippen LogP contribution in [0, 0.1) is 0 Å². The summed E-state index contributed by atoms with van der Waals surface area (Å²) in [5.74, 6) is 1.44. The van der Waals surface area contributed by atoms with E-state index in [-0.39, 0.29) is 5.91 Å². The molecular formula is C17H23N5O. The van der Waals surface area contributed by atoms with Crippen LogP contribution in [0.1, 0.15) is 48.5 Å². The van der Waals surface area contributed by atoms with E-state index in [2.05, 4.69) is 15.4 Å². The Labute approximate surface area is 136 Å². The molecule has 1 aliphatic rings. The number of rotatable bonds is 4. The summed E-state index contributed by atoms with van der Waals surface area (Å²) in [6, 6.07) is 5.88. The van der Waals surface area contributed by atoms with Crippen molar-refractivity contribution in [1.29, 1.82) is 0 Å². The van der Waals surface area contributed by atoms with Gasteiger partial charge in [-0.15, -0.1) is 0 Å². The van der Waals surface area contributed by atoms with Crippen LogP contribution in [0.5, 0.6) is 0 Å². The molecule has 1 aliphatic carbocycles. The van der Waals surface area contributed by atoms with Crippen molar-refractivity contribution < 1.29 is 4.79 Å². The average molecular weight is 313 g/mol. The molecule has 3 rings (SSSR count). The molecule has 6 heteroatoms. The minimum Gasteiger partial charge on any atom is -0.363 e. The Hall–Kier alpha value is -2.37. The van der Waals surface area contributed by atoms with Crippen LogP contribution in [0.2, 0.25) is 0 Å². The van der Waals surface area contributed by atoms with Gasteiger partial charge in [0.15, 0.2) is 0 Å². The van der Waals surface area contributed by atoms with Gasteiger partial charge < -0.3 is 10.2 Å². The third-order valence-electron chi connectivity index (χ3n) is 4.30. The fourth-order valence-electron chi connectivity index (χ4n) is 3.00. The SMILES string of the molecule is CN(C)c1ccc(C(=O)Nc2ccnn2C2CCCCC2)cn1. The van der Waals surface area contributed by atoms with Gasteiger partial charge in [0.1, 0.15) is 11.6 Å². The van der Waals surface area contributed by atoms with Crippen LogP contribution >= 0.6 is 0 Å². The largest absolute Gasteiger partial charge is 0.363 e. The predicted molar refractivity (Wildman–Crippen MR) is 90.9 cm³/mol. The van der Waals surface area contributed by atoms with E-state index >= 15 is 0 Å². The van der Waals surface area contributed by atoms with Crippen molar-refractivity contribution in [3.8, 4) is 0 Å². The fourth-order valence-corrected chi connectivity index (χ4v) is 3.00. The highest BCUT2D eigenvalue weighted by atomic mass is 16.1. The summed E-state index contributed by atoms with van der Waals surface area (Å²) >= 11 is 0. The third-order valence-corrected chi connectivity index (χ3v) is 4.30. The molecule has 1 fully saturated rings. The molecule has 0 saturated heterocycles. The highest BCUT2D eigenvalue weighted by molar-refractivity contribution is 6.03. The average Bonchev–Trinajstić information content (AvgIpc) is 3.04. The molecule has 0 bridgehead atoms. The van der Waals surface area contributed by atoms with Gasteiger partial charge in [-0.05, 0) is 25.0 Å². The zero-order valence-electron chi connectivity index (χ0n) is 13.7. The fraction of sp³-hybridized carbons (Fsp3) is 0.471. The third kappa shape index (κ3) is 3.52. The van der Waals surface area contributed by atoms with Gasteiger partial charge in [-0.2, -0.15) is 5.10 Å². The van der Waals surface area contributed by atoms with E-state index in [4.69, 9.17) is 0 Å². The van der Waals surface area contributed by atoms with E-state index in [1.807, 2.05) is 35.8 Å². The van der Waals surface area contributed by atoms with Gasteiger partial charge in [0.25, 0.3) is 5.91 Å². The van der Waals surface area contributed by atoms with Gasteiger partial charge in [-0.3, -0.25) is 4.79 Å². The van der Waals surface area contributed by atoms with Crippen LogP contribution in [0.3, 0.4) is 0 Å². The first kappa shape index (κ1) is 15.5. The summed E-state index contributed by atoms with van der Waals surface area (Å²) in [7, 11) is 3.84. The molecule has 0 atom stereocenters. The van der Waals surface area contributed by atoms with Crippen LogP contribution in [-0.2, 0) is 0 Å². The highest BCUT2D eigenvalue weighted by Gasteiger charge is 2.19. The maximum absolute atomic E-state index is 12.4. The minimum atomic E-state index is -0.152. The molecule has 23 heavy (non-hydrogen) atoms. The lowest BCUT2D eigenvalue weighted by atomic mass is 9.96. The lowest BCUT2D eigenvalue weighted by Gasteiger charge is -2.23. The molecule has 1 amide bonds. The minimum absolute atomic E-state index is 0.152. The topological polar surface area (TPSA) is 63.1 Å². The molecule has 122 valence electrons. The highest BCUT2D eigenvalue weighted by Crippen LogP contribution is 2.30. The summed E-state index contributed by atoms with van der Waals surface area (Å²) in [6.45, 7) is 0. The standard InChI is InChI=1S/C17H23N5O/c1-21(2)15-9-8-13(12-18-15)17(23)20-16-10-11-19-22(16)14-6-4-3-5-7-14/h8-12,14H,3-7H2,1-2H3,(H,20,23). The van der Waals surface area contributed by atoms with Crippen LogP contribution in [0.15, 0.2) is 30.6 Å². The first-order chi connectivity index (χ1) is 11.1. The number of carbonyl (C=O) groups excluding carboxylic acids is 1. The molecule has 6 nitrogen and oxygen atoms in total. The van der Waals surface area contributed by atoms with E-state index < -0.39 is 0 Å². The summed E-state index contributed by atoms with van der Waals surface area (Å²) < 4.78 is 1.96. The second-order valence-electron chi connectivity index (χ2n) is 6.21. The zero-order chi connectivity index (χ0) is 16.2. The monoisotopic (exact) mass is 313 g/mol. The van der Waals surface area contributed by atoms with Crippen molar-refractivity contribution in [1.82, 2.24) is 14.8 Å². The van der Waals surface area contributed by atoms with Crippen molar-refractivity contribution in [2.24, 2.45) is 0 Å². The van der Waals surface area contributed by atoms with Crippen LogP contribution < -0.4 is 10.2 Å². The number of aromatic nitrogens is 3. The molecule has 2 aromatic rings. The number of nitrogens with one attached hydrogen (secondary N) is 1. The number of carbonyl (C=O) groups is 1. The van der Waals surface area contributed by atoms with Crippen molar-refractivity contribution >= 4 is 17.5 Å². The van der Waals surface area contributed by atoms with Gasteiger partial charge in [-0.1, -0.05) is 19.3 Å². The Morgan fingerprint density at radius 3 is 2.65 bits per heavy atom. The lowest BCUT2D eigenvalue weighted by Crippen LogP contribution is -2.20. The molecule has 2 heterocycles. The normalized spacial score (nSPS) is 15.4. The first-order valence-electron chi connectivity index (χ1n) is 8.13. The molecule has 0 radical (unpaired) electrons. The van der Waals surface area contributed by atoms with Crippen molar-refractivity contribution in [2.75, 3.05) is 24.3 Å². The lowest BCUT2D eigenvalue weighted by molar-refractivity contribution is 0.102. The number of pyridine rings is 1. The summed E-state index contributed by atoms with van der Waals surface area (Å²) in [5.41, 5.74) is 0.548. The summed E-state index contributed by atoms with van der Waals surface area (Å²) in [5, 5.41) is 7.36. The van der Waals surface area contributed by atoms with Crippen LogP contribution in [-0.4, -0.2) is 34.8 Å². The number of amides is 1. The predicted octanol–water partition coefficient (Wildman–Crippen LogP) is 3.10. The van der Waals surface area contributed by atoms with Gasteiger partial charge in [0, 0.05) is 26.4 Å². The molecule has 0 unspecified atom stereocenters. The molecule has 0 spiro atoms. The zero-order valence-corrected chi connectivity index (χ0v) is 13.7. The maximum atomic E-state index is 12.4. The Kier molecular flexibility index (Phi) is 4.60.